The summed E-state index contributed by atoms with van der Waals surface area (Å²) >= 11 is 0. The van der Waals surface area contributed by atoms with Gasteiger partial charge in [-0.3, -0.25) is 14.4 Å². The van der Waals surface area contributed by atoms with Crippen LogP contribution in [0.15, 0.2) is 18.2 Å². The molecule has 25 heavy (non-hydrogen) atoms. The molecule has 0 saturated carbocycles. The first-order valence-corrected chi connectivity index (χ1v) is 7.85. The van der Waals surface area contributed by atoms with Gasteiger partial charge in [0.2, 0.25) is 0 Å². The highest BCUT2D eigenvalue weighted by molar-refractivity contribution is 6.04. The molecule has 6 N–H and O–H groups in total. The van der Waals surface area contributed by atoms with Crippen molar-refractivity contribution in [3.05, 3.63) is 34.9 Å². The fourth-order valence-electron chi connectivity index (χ4n) is 1.95. The lowest BCUT2D eigenvalue weighted by Crippen LogP contribution is -2.30. The van der Waals surface area contributed by atoms with E-state index < -0.39 is 17.7 Å². The van der Waals surface area contributed by atoms with E-state index >= 15 is 0 Å². The predicted octanol–water partition coefficient (Wildman–Crippen LogP) is -1.76. The fourth-order valence-corrected chi connectivity index (χ4v) is 1.95. The number of carbonyl (C=O) groups is 3. The highest BCUT2D eigenvalue weighted by Crippen LogP contribution is 2.11. The molecule has 138 valence electrons. The highest BCUT2D eigenvalue weighted by atomic mass is 16.3. The van der Waals surface area contributed by atoms with Crippen molar-refractivity contribution in [3.63, 3.8) is 0 Å². The van der Waals surface area contributed by atoms with Crippen molar-refractivity contribution < 1.29 is 29.7 Å². The van der Waals surface area contributed by atoms with Gasteiger partial charge in [0.15, 0.2) is 0 Å². The molecule has 0 aromatic heterocycles. The van der Waals surface area contributed by atoms with Gasteiger partial charge in [-0.15, -0.1) is 0 Å². The zero-order valence-corrected chi connectivity index (χ0v) is 13.7. The lowest BCUT2D eigenvalue weighted by molar-refractivity contribution is 0.0944. The molecule has 0 atom stereocenters. The van der Waals surface area contributed by atoms with Gasteiger partial charge in [-0.1, -0.05) is 0 Å². The molecule has 0 radical (unpaired) electrons. The second-order valence-electron chi connectivity index (χ2n) is 5.09. The first-order valence-electron chi connectivity index (χ1n) is 7.85. The Labute approximate surface area is 145 Å². The van der Waals surface area contributed by atoms with Gasteiger partial charge in [0.25, 0.3) is 17.7 Å². The Morgan fingerprint density at radius 1 is 0.640 bits per heavy atom. The second kappa shape index (κ2) is 11.1. The number of nitrogens with one attached hydrogen (secondary N) is 3. The average Bonchev–Trinajstić information content (AvgIpc) is 2.63. The number of aliphatic hydroxyl groups excluding tert-OH is 3. The van der Waals surface area contributed by atoms with Gasteiger partial charge in [-0.2, -0.15) is 0 Å². The van der Waals surface area contributed by atoms with Crippen LogP contribution in [0.2, 0.25) is 0 Å². The molecule has 0 unspecified atom stereocenters. The summed E-state index contributed by atoms with van der Waals surface area (Å²) < 4.78 is 0. The number of rotatable bonds is 10. The first kappa shape index (κ1) is 20.6. The maximum atomic E-state index is 12.2. The Bertz CT molecular complexity index is 567. The molecular formula is C16H23N3O6. The van der Waals surface area contributed by atoms with E-state index in [1.807, 2.05) is 0 Å². The molecule has 0 saturated heterocycles. The molecule has 0 fully saturated rings. The van der Waals surface area contributed by atoms with Crippen LogP contribution in [0.1, 0.15) is 37.5 Å². The predicted molar refractivity (Wildman–Crippen MR) is 89.3 cm³/mol. The van der Waals surface area contributed by atoms with Crippen molar-refractivity contribution in [1.82, 2.24) is 16.0 Å². The molecule has 0 heterocycles. The molecule has 0 aliphatic carbocycles. The van der Waals surface area contributed by atoms with Crippen molar-refractivity contribution in [2.45, 2.75) is 6.42 Å². The van der Waals surface area contributed by atoms with Crippen LogP contribution in [-0.2, 0) is 0 Å². The first-order chi connectivity index (χ1) is 12.0. The van der Waals surface area contributed by atoms with E-state index in [2.05, 4.69) is 16.0 Å². The van der Waals surface area contributed by atoms with Crippen LogP contribution in [0, 0.1) is 0 Å². The van der Waals surface area contributed by atoms with Crippen LogP contribution in [-0.4, -0.2) is 72.5 Å². The average molecular weight is 353 g/mol. The summed E-state index contributed by atoms with van der Waals surface area (Å²) in [5, 5.41) is 33.8. The smallest absolute Gasteiger partial charge is 0.251 e. The monoisotopic (exact) mass is 353 g/mol. The number of amides is 3. The Kier molecular flexibility index (Phi) is 9.15. The summed E-state index contributed by atoms with van der Waals surface area (Å²) in [6, 6.07) is 4.00. The number of benzene rings is 1. The van der Waals surface area contributed by atoms with Gasteiger partial charge < -0.3 is 31.3 Å². The molecule has 1 aromatic rings. The lowest BCUT2D eigenvalue weighted by atomic mass is 10.0. The summed E-state index contributed by atoms with van der Waals surface area (Å²) in [5.74, 6) is -1.55. The van der Waals surface area contributed by atoms with Crippen LogP contribution in [0.4, 0.5) is 0 Å². The third kappa shape index (κ3) is 6.87. The minimum atomic E-state index is -0.532. The topological polar surface area (TPSA) is 148 Å². The van der Waals surface area contributed by atoms with Crippen LogP contribution < -0.4 is 16.0 Å². The minimum absolute atomic E-state index is 0.0395. The SMILES string of the molecule is O=C(NCCO)c1cc(C(=O)NCCO)cc(C(=O)NCCCO)c1. The van der Waals surface area contributed by atoms with Crippen molar-refractivity contribution in [3.8, 4) is 0 Å². The van der Waals surface area contributed by atoms with Gasteiger partial charge in [-0.05, 0) is 24.6 Å². The fraction of sp³-hybridized carbons (Fsp3) is 0.438. The third-order valence-electron chi connectivity index (χ3n) is 3.13. The van der Waals surface area contributed by atoms with Crippen LogP contribution >= 0.6 is 0 Å². The molecule has 3 amide bonds. The van der Waals surface area contributed by atoms with E-state index in [-0.39, 0.29) is 56.1 Å². The van der Waals surface area contributed by atoms with Gasteiger partial charge in [0.05, 0.1) is 13.2 Å². The Morgan fingerprint density at radius 3 is 1.32 bits per heavy atom. The van der Waals surface area contributed by atoms with E-state index in [9.17, 15) is 14.4 Å². The van der Waals surface area contributed by atoms with Crippen molar-refractivity contribution >= 4 is 17.7 Å². The summed E-state index contributed by atoms with van der Waals surface area (Å²) in [4.78, 5) is 36.3. The molecule has 0 spiro atoms. The van der Waals surface area contributed by atoms with Crippen LogP contribution in [0.25, 0.3) is 0 Å². The highest BCUT2D eigenvalue weighted by Gasteiger charge is 2.16. The number of aliphatic hydroxyl groups is 3. The standard InChI is InChI=1S/C16H23N3O6/c20-5-1-2-17-14(23)11-8-12(15(24)18-3-6-21)10-13(9-11)16(25)19-4-7-22/h8-10,20-22H,1-7H2,(H,17,23)(H,18,24)(H,19,25). The molecule has 0 aliphatic heterocycles. The normalized spacial score (nSPS) is 10.2. The van der Waals surface area contributed by atoms with E-state index in [1.165, 1.54) is 18.2 Å². The van der Waals surface area contributed by atoms with Gasteiger partial charge in [-0.25, -0.2) is 0 Å². The van der Waals surface area contributed by atoms with E-state index in [0.717, 1.165) is 0 Å². The third-order valence-corrected chi connectivity index (χ3v) is 3.13. The van der Waals surface area contributed by atoms with Gasteiger partial charge in [0.1, 0.15) is 0 Å². The molecule has 0 aliphatic rings. The summed E-state index contributed by atoms with van der Waals surface area (Å²) in [6.07, 6.45) is 0.381. The van der Waals surface area contributed by atoms with Crippen LogP contribution in [0.3, 0.4) is 0 Å². The minimum Gasteiger partial charge on any atom is -0.396 e. The lowest BCUT2D eigenvalue weighted by Gasteiger charge is -2.11. The molecule has 1 rings (SSSR count). The zero-order chi connectivity index (χ0) is 18.7. The van der Waals surface area contributed by atoms with E-state index in [1.54, 1.807) is 0 Å². The van der Waals surface area contributed by atoms with E-state index in [4.69, 9.17) is 15.3 Å². The zero-order valence-electron chi connectivity index (χ0n) is 13.7. The summed E-state index contributed by atoms with van der Waals surface area (Å²) in [6.45, 7) is -0.218. The van der Waals surface area contributed by atoms with Crippen LogP contribution in [0.5, 0.6) is 0 Å². The Morgan fingerprint density at radius 2 is 1.00 bits per heavy atom. The summed E-state index contributed by atoms with van der Waals surface area (Å²) in [5.41, 5.74) is 0.304. The molecule has 1 aromatic carbocycles. The Balaban J connectivity index is 3.06. The number of hydrogen-bond donors (Lipinski definition) is 6. The van der Waals surface area contributed by atoms with Crippen molar-refractivity contribution in [2.24, 2.45) is 0 Å². The number of carbonyl (C=O) groups excluding carboxylic acids is 3. The molecule has 9 nitrogen and oxygen atoms in total. The molecule has 9 heteroatoms. The largest absolute Gasteiger partial charge is 0.396 e. The molecular weight excluding hydrogens is 330 g/mol. The Hall–Kier alpha value is -2.49. The van der Waals surface area contributed by atoms with Crippen molar-refractivity contribution in [1.29, 1.82) is 0 Å². The number of hydrogen-bond acceptors (Lipinski definition) is 6. The van der Waals surface area contributed by atoms with E-state index in [0.29, 0.717) is 6.42 Å². The molecule has 0 bridgehead atoms. The second-order valence-corrected chi connectivity index (χ2v) is 5.09. The van der Waals surface area contributed by atoms with Crippen molar-refractivity contribution in [2.75, 3.05) is 39.5 Å². The maximum Gasteiger partial charge on any atom is 0.251 e. The quantitative estimate of drug-likeness (QED) is 0.275. The summed E-state index contributed by atoms with van der Waals surface area (Å²) in [7, 11) is 0. The maximum absolute atomic E-state index is 12.2. The van der Waals surface area contributed by atoms with Gasteiger partial charge in [0, 0.05) is 42.9 Å². The van der Waals surface area contributed by atoms with Gasteiger partial charge >= 0.3 is 0 Å².